The summed E-state index contributed by atoms with van der Waals surface area (Å²) in [6, 6.07) is 3.93. The van der Waals surface area contributed by atoms with E-state index in [0.29, 0.717) is 18.2 Å². The van der Waals surface area contributed by atoms with Gasteiger partial charge in [0, 0.05) is 16.0 Å². The van der Waals surface area contributed by atoms with E-state index in [1.165, 1.54) is 0 Å². The van der Waals surface area contributed by atoms with E-state index in [1.54, 1.807) is 0 Å². The predicted octanol–water partition coefficient (Wildman–Crippen LogP) is 3.08. The molecule has 3 heteroatoms. The van der Waals surface area contributed by atoms with Crippen LogP contribution >= 0.6 is 15.9 Å². The number of ether oxygens (including phenoxy) is 1. The fourth-order valence-electron chi connectivity index (χ4n) is 1.64. The Hall–Kier alpha value is -0.960. The van der Waals surface area contributed by atoms with Gasteiger partial charge in [0.15, 0.2) is 0 Å². The van der Waals surface area contributed by atoms with Crippen LogP contribution in [0.2, 0.25) is 0 Å². The molecule has 2 N–H and O–H groups in total. The third kappa shape index (κ3) is 1.64. The van der Waals surface area contributed by atoms with E-state index in [4.69, 9.17) is 10.5 Å². The first kappa shape index (κ1) is 9.59. The summed E-state index contributed by atoms with van der Waals surface area (Å²) < 4.78 is 6.57. The lowest BCUT2D eigenvalue weighted by molar-refractivity contribution is 0.364. The van der Waals surface area contributed by atoms with Crippen LogP contribution in [0.3, 0.4) is 0 Å². The summed E-state index contributed by atoms with van der Waals surface area (Å²) in [5.74, 6) is 1.18. The van der Waals surface area contributed by atoms with Crippen molar-refractivity contribution in [1.82, 2.24) is 0 Å². The number of hydrogen-bond donors (Lipinski definition) is 1. The van der Waals surface area contributed by atoms with E-state index >= 15 is 0 Å². The van der Waals surface area contributed by atoms with Crippen molar-refractivity contribution in [2.24, 2.45) is 0 Å². The van der Waals surface area contributed by atoms with E-state index in [0.717, 1.165) is 15.8 Å². The van der Waals surface area contributed by atoms with Gasteiger partial charge in [-0.15, -0.1) is 0 Å². The normalized spacial score (nSPS) is 19.7. The number of rotatable bonds is 0. The molecule has 0 spiro atoms. The summed E-state index contributed by atoms with van der Waals surface area (Å²) in [6.07, 6.45) is 4.16. The highest BCUT2D eigenvalue weighted by atomic mass is 79.9. The van der Waals surface area contributed by atoms with E-state index in [-0.39, 0.29) is 0 Å². The number of fused-ring (bicyclic) bond motifs is 1. The van der Waals surface area contributed by atoms with Crippen LogP contribution < -0.4 is 10.5 Å². The molecule has 1 aromatic rings. The Bertz CT molecular complexity index is 387. The number of allylic oxidation sites excluding steroid dienone is 1. The van der Waals surface area contributed by atoms with Crippen molar-refractivity contribution < 1.29 is 4.74 Å². The number of nitrogen functional groups attached to an aromatic ring is 1. The second-order valence-corrected chi connectivity index (χ2v) is 4.36. The first-order valence-electron chi connectivity index (χ1n) is 4.57. The maximum atomic E-state index is 5.89. The highest BCUT2D eigenvalue weighted by Crippen LogP contribution is 2.37. The number of benzene rings is 1. The first-order valence-corrected chi connectivity index (χ1v) is 5.36. The van der Waals surface area contributed by atoms with E-state index in [9.17, 15) is 0 Å². The molecule has 1 atom stereocenters. The van der Waals surface area contributed by atoms with Gasteiger partial charge in [-0.1, -0.05) is 35.0 Å². The average molecular weight is 254 g/mol. The Labute approximate surface area is 91.9 Å². The topological polar surface area (TPSA) is 35.2 Å². The summed E-state index contributed by atoms with van der Waals surface area (Å²) in [5, 5.41) is 0. The standard InChI is InChI=1S/C11H12BrNO/c1-7-3-2-4-14-11-9(7)5-8(12)6-10(11)13/h2-3,5-7H,4,13H2,1H3. The van der Waals surface area contributed by atoms with Gasteiger partial charge >= 0.3 is 0 Å². The van der Waals surface area contributed by atoms with Crippen molar-refractivity contribution in [3.8, 4) is 5.75 Å². The van der Waals surface area contributed by atoms with Crippen molar-refractivity contribution >= 4 is 21.6 Å². The molecule has 14 heavy (non-hydrogen) atoms. The SMILES string of the molecule is CC1C=CCOc2c(N)cc(Br)cc21. The lowest BCUT2D eigenvalue weighted by Gasteiger charge is -2.13. The van der Waals surface area contributed by atoms with Crippen molar-refractivity contribution in [3.63, 3.8) is 0 Å². The number of nitrogens with two attached hydrogens (primary N) is 1. The van der Waals surface area contributed by atoms with Crippen LogP contribution in [0.25, 0.3) is 0 Å². The molecular formula is C11H12BrNO. The largest absolute Gasteiger partial charge is 0.487 e. The van der Waals surface area contributed by atoms with Crippen LogP contribution in [0, 0.1) is 0 Å². The Kier molecular flexibility index (Phi) is 2.50. The van der Waals surface area contributed by atoms with Gasteiger partial charge in [0.05, 0.1) is 5.69 Å². The third-order valence-electron chi connectivity index (χ3n) is 2.35. The molecule has 0 bridgehead atoms. The Balaban J connectivity index is 2.58. The molecule has 1 unspecified atom stereocenters. The van der Waals surface area contributed by atoms with E-state index in [1.807, 2.05) is 12.1 Å². The van der Waals surface area contributed by atoms with Crippen molar-refractivity contribution in [2.75, 3.05) is 12.3 Å². The van der Waals surface area contributed by atoms with Gasteiger partial charge in [-0.25, -0.2) is 0 Å². The smallest absolute Gasteiger partial charge is 0.146 e. The van der Waals surface area contributed by atoms with Crippen LogP contribution in [-0.4, -0.2) is 6.61 Å². The number of hydrogen-bond acceptors (Lipinski definition) is 2. The van der Waals surface area contributed by atoms with Crippen molar-refractivity contribution in [1.29, 1.82) is 0 Å². The van der Waals surface area contributed by atoms with Gasteiger partial charge in [0.1, 0.15) is 12.4 Å². The molecule has 0 saturated heterocycles. The quantitative estimate of drug-likeness (QED) is 0.570. The molecule has 0 fully saturated rings. The van der Waals surface area contributed by atoms with Crippen LogP contribution in [0.15, 0.2) is 28.8 Å². The lowest BCUT2D eigenvalue weighted by Crippen LogP contribution is -2.00. The molecule has 2 nitrogen and oxygen atoms in total. The van der Waals surface area contributed by atoms with Gasteiger partial charge in [0.25, 0.3) is 0 Å². The molecule has 0 aromatic heterocycles. The summed E-state index contributed by atoms with van der Waals surface area (Å²) in [6.45, 7) is 2.74. The zero-order valence-corrected chi connectivity index (χ0v) is 9.54. The number of halogens is 1. The molecule has 74 valence electrons. The minimum atomic E-state index is 0.354. The van der Waals surface area contributed by atoms with Gasteiger partial charge in [-0.05, 0) is 12.1 Å². The maximum Gasteiger partial charge on any atom is 0.146 e. The average Bonchev–Trinajstić information content (AvgIpc) is 2.29. The third-order valence-corrected chi connectivity index (χ3v) is 2.81. The van der Waals surface area contributed by atoms with Crippen LogP contribution in [0.5, 0.6) is 5.75 Å². The molecule has 0 radical (unpaired) electrons. The lowest BCUT2D eigenvalue weighted by atomic mass is 9.99. The van der Waals surface area contributed by atoms with Gasteiger partial charge in [-0.3, -0.25) is 0 Å². The highest BCUT2D eigenvalue weighted by Gasteiger charge is 2.15. The molecule has 0 aliphatic carbocycles. The van der Waals surface area contributed by atoms with Crippen LogP contribution in [0.1, 0.15) is 18.4 Å². The predicted molar refractivity (Wildman–Crippen MR) is 61.6 cm³/mol. The molecule has 0 amide bonds. The van der Waals surface area contributed by atoms with Crippen molar-refractivity contribution in [3.05, 3.63) is 34.3 Å². The van der Waals surface area contributed by atoms with E-state index in [2.05, 4.69) is 35.0 Å². The molecule has 2 rings (SSSR count). The zero-order valence-electron chi connectivity index (χ0n) is 7.96. The molecule has 1 aromatic carbocycles. The molecule has 1 aliphatic rings. The van der Waals surface area contributed by atoms with Crippen molar-refractivity contribution in [2.45, 2.75) is 12.8 Å². The fourth-order valence-corrected chi connectivity index (χ4v) is 2.13. The maximum absolute atomic E-state index is 5.89. The first-order chi connectivity index (χ1) is 6.68. The molecule has 0 saturated carbocycles. The zero-order chi connectivity index (χ0) is 10.1. The Morgan fingerprint density at radius 2 is 2.29 bits per heavy atom. The van der Waals surface area contributed by atoms with Gasteiger partial charge < -0.3 is 10.5 Å². The summed E-state index contributed by atoms with van der Waals surface area (Å²) >= 11 is 3.43. The summed E-state index contributed by atoms with van der Waals surface area (Å²) in [5.41, 5.74) is 7.73. The Morgan fingerprint density at radius 1 is 1.50 bits per heavy atom. The summed E-state index contributed by atoms with van der Waals surface area (Å²) in [4.78, 5) is 0. The number of anilines is 1. The Morgan fingerprint density at radius 3 is 3.07 bits per heavy atom. The second kappa shape index (κ2) is 3.65. The minimum absolute atomic E-state index is 0.354. The summed E-state index contributed by atoms with van der Waals surface area (Å²) in [7, 11) is 0. The molecular weight excluding hydrogens is 242 g/mol. The van der Waals surface area contributed by atoms with Gasteiger partial charge in [0.2, 0.25) is 0 Å². The fraction of sp³-hybridized carbons (Fsp3) is 0.273. The monoisotopic (exact) mass is 253 g/mol. The van der Waals surface area contributed by atoms with Crippen LogP contribution in [0.4, 0.5) is 5.69 Å². The van der Waals surface area contributed by atoms with E-state index < -0.39 is 0 Å². The highest BCUT2D eigenvalue weighted by molar-refractivity contribution is 9.10. The van der Waals surface area contributed by atoms with Crippen LogP contribution in [-0.2, 0) is 0 Å². The molecule has 1 aliphatic heterocycles. The molecule has 1 heterocycles. The minimum Gasteiger partial charge on any atom is -0.487 e. The van der Waals surface area contributed by atoms with Gasteiger partial charge in [-0.2, -0.15) is 0 Å². The second-order valence-electron chi connectivity index (χ2n) is 3.44.